The molecule has 0 saturated carbocycles. The molecular weight excluding hydrogens is 278 g/mol. The number of benzene rings is 1. The average molecular weight is 291 g/mol. The van der Waals surface area contributed by atoms with E-state index < -0.39 is 9.84 Å². The SMILES string of the molecule is C=NN(c1ccnc(S(C)(=O)=O)n1)c1ccccc1N. The Balaban J connectivity index is 2.54. The maximum absolute atomic E-state index is 11.5. The van der Waals surface area contributed by atoms with Gasteiger partial charge >= 0.3 is 0 Å². The number of nitrogens with zero attached hydrogens (tertiary/aromatic N) is 4. The van der Waals surface area contributed by atoms with Crippen LogP contribution in [0, 0.1) is 0 Å². The third-order valence-corrected chi connectivity index (χ3v) is 3.33. The Kier molecular flexibility index (Phi) is 3.66. The van der Waals surface area contributed by atoms with Crippen molar-refractivity contribution in [3.63, 3.8) is 0 Å². The summed E-state index contributed by atoms with van der Waals surface area (Å²) in [7, 11) is -3.50. The van der Waals surface area contributed by atoms with Gasteiger partial charge in [0.05, 0.1) is 11.4 Å². The summed E-state index contributed by atoms with van der Waals surface area (Å²) in [4.78, 5) is 7.69. The minimum absolute atomic E-state index is 0.272. The largest absolute Gasteiger partial charge is 0.397 e. The van der Waals surface area contributed by atoms with E-state index in [-0.39, 0.29) is 11.0 Å². The normalized spacial score (nSPS) is 11.1. The molecule has 0 bridgehead atoms. The van der Waals surface area contributed by atoms with E-state index in [1.165, 1.54) is 17.3 Å². The number of para-hydroxylation sites is 2. The van der Waals surface area contributed by atoms with Gasteiger partial charge in [-0.15, -0.1) is 0 Å². The minimum atomic E-state index is -3.50. The molecule has 1 heterocycles. The van der Waals surface area contributed by atoms with E-state index >= 15 is 0 Å². The fourth-order valence-corrected chi connectivity index (χ4v) is 2.09. The van der Waals surface area contributed by atoms with Gasteiger partial charge in [0.15, 0.2) is 5.82 Å². The molecule has 0 fully saturated rings. The fraction of sp³-hybridized carbons (Fsp3) is 0.0833. The second-order valence-corrected chi connectivity index (χ2v) is 5.89. The Morgan fingerprint density at radius 3 is 2.60 bits per heavy atom. The quantitative estimate of drug-likeness (QED) is 0.393. The van der Waals surface area contributed by atoms with Gasteiger partial charge in [-0.2, -0.15) is 10.1 Å². The van der Waals surface area contributed by atoms with E-state index in [1.807, 2.05) is 0 Å². The third kappa shape index (κ3) is 2.75. The van der Waals surface area contributed by atoms with Gasteiger partial charge in [-0.1, -0.05) is 12.1 Å². The Labute approximate surface area is 116 Å². The lowest BCUT2D eigenvalue weighted by atomic mass is 10.2. The summed E-state index contributed by atoms with van der Waals surface area (Å²) in [5.74, 6) is 0.272. The molecule has 0 radical (unpaired) electrons. The molecule has 104 valence electrons. The molecule has 0 aliphatic heterocycles. The van der Waals surface area contributed by atoms with Gasteiger partial charge in [-0.05, 0) is 12.1 Å². The van der Waals surface area contributed by atoms with Crippen molar-refractivity contribution in [1.29, 1.82) is 0 Å². The van der Waals surface area contributed by atoms with Gasteiger partial charge in [0.2, 0.25) is 15.0 Å². The van der Waals surface area contributed by atoms with E-state index in [0.29, 0.717) is 11.4 Å². The molecule has 1 aromatic carbocycles. The molecular formula is C12H13N5O2S. The zero-order chi connectivity index (χ0) is 14.8. The molecule has 20 heavy (non-hydrogen) atoms. The highest BCUT2D eigenvalue weighted by Gasteiger charge is 2.16. The number of nitrogens with two attached hydrogens (primary N) is 1. The fourth-order valence-electron chi connectivity index (χ4n) is 1.58. The highest BCUT2D eigenvalue weighted by molar-refractivity contribution is 7.90. The zero-order valence-electron chi connectivity index (χ0n) is 10.8. The van der Waals surface area contributed by atoms with Gasteiger partial charge in [-0.3, -0.25) is 0 Å². The highest BCUT2D eigenvalue weighted by Crippen LogP contribution is 2.29. The van der Waals surface area contributed by atoms with E-state index in [2.05, 4.69) is 21.8 Å². The van der Waals surface area contributed by atoms with Crippen molar-refractivity contribution in [3.05, 3.63) is 36.5 Å². The van der Waals surface area contributed by atoms with Crippen LogP contribution >= 0.6 is 0 Å². The van der Waals surface area contributed by atoms with Crippen LogP contribution in [0.15, 0.2) is 46.8 Å². The van der Waals surface area contributed by atoms with E-state index in [9.17, 15) is 8.42 Å². The summed E-state index contributed by atoms with van der Waals surface area (Å²) in [5, 5.41) is 4.90. The summed E-state index contributed by atoms with van der Waals surface area (Å²) < 4.78 is 23.0. The maximum atomic E-state index is 11.5. The van der Waals surface area contributed by atoms with Crippen molar-refractivity contribution < 1.29 is 8.42 Å². The summed E-state index contributed by atoms with van der Waals surface area (Å²) in [6.07, 6.45) is 2.38. The minimum Gasteiger partial charge on any atom is -0.397 e. The standard InChI is InChI=1S/C12H13N5O2S/c1-14-17(10-6-4-3-5-9(10)13)11-7-8-15-12(16-11)20(2,18)19/h3-8H,1,13H2,2H3. The van der Waals surface area contributed by atoms with Gasteiger partial charge in [-0.25, -0.2) is 18.4 Å². The molecule has 0 amide bonds. The molecule has 8 heteroatoms. The van der Waals surface area contributed by atoms with Gasteiger partial charge in [0, 0.05) is 25.2 Å². The van der Waals surface area contributed by atoms with Crippen LogP contribution < -0.4 is 10.7 Å². The van der Waals surface area contributed by atoms with Crippen LogP contribution in [0.2, 0.25) is 0 Å². The molecule has 1 aromatic heterocycles. The number of rotatable bonds is 4. The number of hydrogen-bond acceptors (Lipinski definition) is 7. The first-order valence-corrected chi connectivity index (χ1v) is 7.47. The van der Waals surface area contributed by atoms with Crippen LogP contribution in [0.4, 0.5) is 17.2 Å². The second-order valence-electron chi connectivity index (χ2n) is 3.98. The first kappa shape index (κ1) is 13.9. The molecule has 2 rings (SSSR count). The van der Waals surface area contributed by atoms with Crippen LogP contribution in [0.5, 0.6) is 0 Å². The summed E-state index contributed by atoms with van der Waals surface area (Å²) in [6, 6.07) is 8.51. The molecule has 0 saturated heterocycles. The molecule has 2 aromatic rings. The summed E-state index contributed by atoms with van der Waals surface area (Å²) in [5.41, 5.74) is 6.89. The van der Waals surface area contributed by atoms with Crippen LogP contribution in [0.25, 0.3) is 0 Å². The maximum Gasteiger partial charge on any atom is 0.248 e. The zero-order valence-corrected chi connectivity index (χ0v) is 11.6. The summed E-state index contributed by atoms with van der Waals surface area (Å²) >= 11 is 0. The van der Waals surface area contributed by atoms with Crippen molar-refractivity contribution in [2.24, 2.45) is 5.10 Å². The van der Waals surface area contributed by atoms with Gasteiger partial charge in [0.1, 0.15) is 0 Å². The van der Waals surface area contributed by atoms with Gasteiger partial charge in [0.25, 0.3) is 0 Å². The predicted molar refractivity (Wildman–Crippen MR) is 77.7 cm³/mol. The number of hydrazone groups is 1. The molecule has 0 spiro atoms. The van der Waals surface area contributed by atoms with E-state index in [4.69, 9.17) is 5.73 Å². The van der Waals surface area contributed by atoms with Gasteiger partial charge < -0.3 is 5.73 Å². The van der Waals surface area contributed by atoms with Crippen molar-refractivity contribution in [2.45, 2.75) is 5.16 Å². The third-order valence-electron chi connectivity index (χ3n) is 2.47. The molecule has 0 aliphatic carbocycles. The lowest BCUT2D eigenvalue weighted by Crippen LogP contribution is -2.14. The molecule has 7 nitrogen and oxygen atoms in total. The number of aromatic nitrogens is 2. The molecule has 0 aliphatic rings. The topological polar surface area (TPSA) is 102 Å². The number of sulfone groups is 1. The second kappa shape index (κ2) is 5.25. The Morgan fingerprint density at radius 2 is 2.00 bits per heavy atom. The Bertz CT molecular complexity index is 745. The van der Waals surface area contributed by atoms with Crippen molar-refractivity contribution >= 4 is 33.7 Å². The average Bonchev–Trinajstić information content (AvgIpc) is 2.41. The predicted octanol–water partition coefficient (Wildman–Crippen LogP) is 1.22. The number of hydrogen-bond donors (Lipinski definition) is 1. The molecule has 2 N–H and O–H groups in total. The van der Waals surface area contributed by atoms with E-state index in [1.54, 1.807) is 24.3 Å². The van der Waals surface area contributed by atoms with Crippen LogP contribution in [-0.2, 0) is 9.84 Å². The van der Waals surface area contributed by atoms with Crippen molar-refractivity contribution in [3.8, 4) is 0 Å². The van der Waals surface area contributed by atoms with E-state index in [0.717, 1.165) is 6.26 Å². The summed E-state index contributed by atoms with van der Waals surface area (Å²) in [6.45, 7) is 3.46. The van der Waals surface area contributed by atoms with Crippen molar-refractivity contribution in [1.82, 2.24) is 9.97 Å². The Hall–Kier alpha value is -2.48. The monoisotopic (exact) mass is 291 g/mol. The lowest BCUT2D eigenvalue weighted by molar-refractivity contribution is 0.593. The molecule has 0 unspecified atom stereocenters. The smallest absolute Gasteiger partial charge is 0.248 e. The van der Waals surface area contributed by atoms with Crippen LogP contribution in [-0.4, -0.2) is 31.4 Å². The van der Waals surface area contributed by atoms with Crippen molar-refractivity contribution in [2.75, 3.05) is 17.0 Å². The first-order chi connectivity index (χ1) is 9.43. The Morgan fingerprint density at radius 1 is 1.30 bits per heavy atom. The van der Waals surface area contributed by atoms with Crippen LogP contribution in [0.3, 0.4) is 0 Å². The number of nitrogen functional groups attached to an aromatic ring is 1. The van der Waals surface area contributed by atoms with Crippen LogP contribution in [0.1, 0.15) is 0 Å². The first-order valence-electron chi connectivity index (χ1n) is 5.58. The number of anilines is 3. The lowest BCUT2D eigenvalue weighted by Gasteiger charge is -2.19. The highest BCUT2D eigenvalue weighted by atomic mass is 32.2. The molecule has 0 atom stereocenters.